The first-order valence-corrected chi connectivity index (χ1v) is 20.7. The fourth-order valence-corrected chi connectivity index (χ4v) is 39.4. The van der Waals surface area contributed by atoms with Crippen LogP contribution in [0.3, 0.4) is 0 Å². The Bertz CT molecular complexity index is 517. The molecular weight excluding hydrogens is 523 g/mol. The van der Waals surface area contributed by atoms with Gasteiger partial charge in [-0.2, -0.15) is 0 Å². The van der Waals surface area contributed by atoms with Crippen molar-refractivity contribution in [3.63, 3.8) is 0 Å². The van der Waals surface area contributed by atoms with Gasteiger partial charge in [-0.25, -0.2) is 0 Å². The Morgan fingerprint density at radius 1 is 0.593 bits per heavy atom. The molecule has 3 aliphatic rings. The van der Waals surface area contributed by atoms with Gasteiger partial charge < -0.3 is 0 Å². The van der Waals surface area contributed by atoms with Gasteiger partial charge in [-0.05, 0) is 0 Å². The van der Waals surface area contributed by atoms with Gasteiger partial charge in [-0.15, -0.1) is 0 Å². The second kappa shape index (κ2) is 9.63. The summed E-state index contributed by atoms with van der Waals surface area (Å²) in [6.07, 6.45) is 23.0. The number of ether oxygens (including phenoxy) is 1. The van der Waals surface area contributed by atoms with E-state index in [1.165, 1.54) is 57.8 Å². The molecule has 3 saturated carbocycles. The Morgan fingerprint density at radius 2 is 0.963 bits per heavy atom. The van der Waals surface area contributed by atoms with E-state index in [-0.39, 0.29) is 0 Å². The molecule has 1 aromatic rings. The average Bonchev–Trinajstić information content (AvgIpc) is 2.77. The van der Waals surface area contributed by atoms with Crippen molar-refractivity contribution in [2.75, 3.05) is 7.11 Å². The van der Waals surface area contributed by atoms with Gasteiger partial charge in [0, 0.05) is 0 Å². The van der Waals surface area contributed by atoms with E-state index in [2.05, 4.69) is 24.3 Å². The minimum atomic E-state index is -2.76. The molecule has 0 aliphatic heterocycles. The van der Waals surface area contributed by atoms with Crippen molar-refractivity contribution in [3.05, 3.63) is 24.3 Å². The van der Waals surface area contributed by atoms with E-state index >= 15 is 0 Å². The molecule has 3 fully saturated rings. The van der Waals surface area contributed by atoms with Crippen LogP contribution < -0.4 is 7.86 Å². The summed E-state index contributed by atoms with van der Waals surface area (Å²) < 4.78 is 10.8. The number of hydrogen-bond donors (Lipinski definition) is 0. The van der Waals surface area contributed by atoms with Crippen LogP contribution in [0.25, 0.3) is 0 Å². The van der Waals surface area contributed by atoms with Gasteiger partial charge in [-0.3, -0.25) is 0 Å². The summed E-state index contributed by atoms with van der Waals surface area (Å²) in [7, 11) is 1.82. The van der Waals surface area contributed by atoms with Crippen LogP contribution in [-0.2, 0) is 0 Å². The molecule has 0 unspecified atom stereocenters. The number of hydrogen-bond acceptors (Lipinski definition) is 1. The second-order valence-electron chi connectivity index (χ2n) is 9.67. The standard InChI is InChI=1S/C7H7O.3C6H11.Pb/c1-8-7-5-3-2-4-6-7;3*1-2-4-6-5-3-1;/h3-6H,1H3;3*1H,2-6H2;. The van der Waals surface area contributed by atoms with Crippen molar-refractivity contribution in [1.29, 1.82) is 0 Å². The predicted molar refractivity (Wildman–Crippen MR) is 119 cm³/mol. The van der Waals surface area contributed by atoms with Crippen LogP contribution >= 0.6 is 0 Å². The Labute approximate surface area is 172 Å². The summed E-state index contributed by atoms with van der Waals surface area (Å²) in [4.78, 5) is 0. The molecule has 0 atom stereocenters. The molecule has 1 aromatic carbocycles. The predicted octanol–water partition coefficient (Wildman–Crippen LogP) is 7.35. The molecule has 0 N–H and O–H groups in total. The van der Waals surface area contributed by atoms with Crippen molar-refractivity contribution in [2.24, 2.45) is 0 Å². The Kier molecular flexibility index (Phi) is 7.21. The van der Waals surface area contributed by atoms with Crippen LogP contribution in [0.2, 0.25) is 10.4 Å². The molecule has 0 heterocycles. The maximum atomic E-state index is 5.54. The van der Waals surface area contributed by atoms with Gasteiger partial charge in [0.1, 0.15) is 0 Å². The summed E-state index contributed by atoms with van der Waals surface area (Å²) >= 11 is -2.76. The van der Waals surface area contributed by atoms with Crippen LogP contribution in [0.15, 0.2) is 24.3 Å². The van der Waals surface area contributed by atoms with Crippen LogP contribution in [0.4, 0.5) is 0 Å². The van der Waals surface area contributed by atoms with E-state index in [1.54, 1.807) is 38.5 Å². The Morgan fingerprint density at radius 3 is 1.30 bits per heavy atom. The molecule has 2 heteroatoms. The van der Waals surface area contributed by atoms with Crippen molar-refractivity contribution in [3.8, 4) is 5.75 Å². The molecule has 0 aromatic heterocycles. The van der Waals surface area contributed by atoms with E-state index in [9.17, 15) is 0 Å². The summed E-state index contributed by atoms with van der Waals surface area (Å²) in [5.74, 6) is 1.05. The van der Waals surface area contributed by atoms with Gasteiger partial charge in [0.25, 0.3) is 0 Å². The topological polar surface area (TPSA) is 9.23 Å². The molecule has 0 amide bonds. The molecule has 1 nitrogen and oxygen atoms in total. The van der Waals surface area contributed by atoms with E-state index in [0.29, 0.717) is 0 Å². The molecule has 0 radical (unpaired) electrons. The van der Waals surface area contributed by atoms with Gasteiger partial charge >= 0.3 is 173 Å². The third-order valence-corrected chi connectivity index (χ3v) is 36.1. The quantitative estimate of drug-likeness (QED) is 0.340. The molecule has 3 aliphatic carbocycles. The minimum absolute atomic E-state index is 1.05. The summed E-state index contributed by atoms with van der Waals surface area (Å²) in [6.45, 7) is 0. The molecule has 150 valence electrons. The third kappa shape index (κ3) is 4.14. The molecular formula is C25H40OPb. The van der Waals surface area contributed by atoms with Gasteiger partial charge in [0.05, 0.1) is 0 Å². The maximum absolute atomic E-state index is 5.54. The summed E-state index contributed by atoms with van der Waals surface area (Å²) in [5, 5.41) is 0. The average molecular weight is 564 g/mol. The first-order valence-electron chi connectivity index (χ1n) is 12.0. The molecule has 0 saturated heterocycles. The second-order valence-corrected chi connectivity index (χ2v) is 28.7. The van der Waals surface area contributed by atoms with Crippen molar-refractivity contribution >= 4 is 24.3 Å². The van der Waals surface area contributed by atoms with E-state index in [0.717, 1.165) is 16.2 Å². The zero-order valence-corrected chi connectivity index (χ0v) is 21.4. The Balaban J connectivity index is 1.80. The fraction of sp³-hybridized carbons (Fsp3) is 0.760. The normalized spacial score (nSPS) is 24.0. The summed E-state index contributed by atoms with van der Waals surface area (Å²) in [6, 6.07) is 9.74. The third-order valence-electron chi connectivity index (χ3n) is 8.43. The fourth-order valence-electron chi connectivity index (χ4n) is 7.33. The molecule has 4 rings (SSSR count). The summed E-state index contributed by atoms with van der Waals surface area (Å²) in [5.41, 5.74) is 0. The number of rotatable bonds is 5. The van der Waals surface area contributed by atoms with Crippen molar-refractivity contribution in [1.82, 2.24) is 0 Å². The number of methoxy groups -OCH3 is 1. The zero-order chi connectivity index (χ0) is 18.5. The van der Waals surface area contributed by atoms with Gasteiger partial charge in [0.2, 0.25) is 0 Å². The van der Waals surface area contributed by atoms with Gasteiger partial charge in [0.15, 0.2) is 0 Å². The van der Waals surface area contributed by atoms with E-state index in [1.807, 2.05) is 10.2 Å². The number of benzene rings is 1. The molecule has 27 heavy (non-hydrogen) atoms. The molecule has 0 bridgehead atoms. The van der Waals surface area contributed by atoms with Crippen molar-refractivity contribution < 1.29 is 4.74 Å². The van der Waals surface area contributed by atoms with Crippen molar-refractivity contribution in [2.45, 2.75) is 107 Å². The van der Waals surface area contributed by atoms with Gasteiger partial charge in [-0.1, -0.05) is 0 Å². The van der Waals surface area contributed by atoms with Crippen LogP contribution in [0.1, 0.15) is 96.3 Å². The monoisotopic (exact) mass is 564 g/mol. The Hall–Kier alpha value is -0.0579. The van der Waals surface area contributed by atoms with E-state index < -0.39 is 21.2 Å². The first-order chi connectivity index (χ1) is 13.4. The zero-order valence-electron chi connectivity index (χ0n) is 17.6. The van der Waals surface area contributed by atoms with Crippen LogP contribution in [-0.4, -0.2) is 28.3 Å². The van der Waals surface area contributed by atoms with E-state index in [4.69, 9.17) is 4.74 Å². The molecule has 0 spiro atoms. The van der Waals surface area contributed by atoms with Crippen LogP contribution in [0, 0.1) is 0 Å². The van der Waals surface area contributed by atoms with Crippen LogP contribution in [0.5, 0.6) is 5.75 Å². The SMILES string of the molecule is COc1cc[c]([Pb]([CH]2CCCCC2)([CH]2CCCCC2)[CH]2CCCCC2)cc1. The first kappa shape index (κ1) is 20.2.